The summed E-state index contributed by atoms with van der Waals surface area (Å²) < 4.78 is 7.08. The van der Waals surface area contributed by atoms with Crippen LogP contribution in [0.3, 0.4) is 0 Å². The van der Waals surface area contributed by atoms with Crippen LogP contribution in [0.15, 0.2) is 36.5 Å². The molecule has 0 saturated heterocycles. The molecular formula is C15H18N2O3. The third-order valence-corrected chi connectivity index (χ3v) is 2.92. The molecule has 1 aromatic carbocycles. The molecule has 2 rings (SSSR count). The summed E-state index contributed by atoms with van der Waals surface area (Å²) in [6, 6.07) is 9.31. The molecule has 0 unspecified atom stereocenters. The second-order valence-electron chi connectivity index (χ2n) is 5.60. The molecule has 1 N–H and O–H groups in total. The van der Waals surface area contributed by atoms with Gasteiger partial charge in [0, 0.05) is 6.20 Å². The van der Waals surface area contributed by atoms with Crippen LogP contribution in [0.5, 0.6) is 5.75 Å². The van der Waals surface area contributed by atoms with E-state index >= 15 is 0 Å². The van der Waals surface area contributed by atoms with Crippen molar-refractivity contribution in [3.8, 4) is 5.75 Å². The number of ether oxygens (including phenoxy) is 1. The van der Waals surface area contributed by atoms with Crippen LogP contribution >= 0.6 is 0 Å². The third kappa shape index (κ3) is 3.38. The summed E-state index contributed by atoms with van der Waals surface area (Å²) in [5.41, 5.74) is 1.25. The lowest BCUT2D eigenvalue weighted by atomic mass is 9.87. The van der Waals surface area contributed by atoms with Crippen LogP contribution in [-0.4, -0.2) is 20.9 Å². The van der Waals surface area contributed by atoms with Crippen molar-refractivity contribution in [2.24, 2.45) is 0 Å². The van der Waals surface area contributed by atoms with E-state index in [9.17, 15) is 4.79 Å². The summed E-state index contributed by atoms with van der Waals surface area (Å²) in [5.74, 6) is -0.303. The van der Waals surface area contributed by atoms with Gasteiger partial charge in [-0.05, 0) is 29.2 Å². The van der Waals surface area contributed by atoms with Crippen LogP contribution in [-0.2, 0) is 12.1 Å². The van der Waals surface area contributed by atoms with Crippen molar-refractivity contribution in [1.29, 1.82) is 0 Å². The van der Waals surface area contributed by atoms with Crippen molar-refractivity contribution in [1.82, 2.24) is 9.78 Å². The lowest BCUT2D eigenvalue weighted by Crippen LogP contribution is -2.12. The highest BCUT2D eigenvalue weighted by molar-refractivity contribution is 5.84. The summed E-state index contributed by atoms with van der Waals surface area (Å²) in [5, 5.41) is 12.7. The fourth-order valence-electron chi connectivity index (χ4n) is 1.74. The number of hydrogen-bond acceptors (Lipinski definition) is 3. The molecule has 1 heterocycles. The Labute approximate surface area is 117 Å². The van der Waals surface area contributed by atoms with Gasteiger partial charge >= 0.3 is 5.97 Å². The van der Waals surface area contributed by atoms with Gasteiger partial charge in [-0.2, -0.15) is 5.10 Å². The first kappa shape index (κ1) is 14.1. The maximum absolute atomic E-state index is 10.7. The number of hydrogen-bond donors (Lipinski definition) is 1. The SMILES string of the molecule is CC(C)(C)c1cccc(OCn2ccc(C(=O)O)n2)c1. The Hall–Kier alpha value is -2.30. The Morgan fingerprint density at radius 3 is 2.70 bits per heavy atom. The van der Waals surface area contributed by atoms with Gasteiger partial charge in [-0.15, -0.1) is 0 Å². The first-order chi connectivity index (χ1) is 9.36. The molecule has 1 aromatic heterocycles. The first-order valence-corrected chi connectivity index (χ1v) is 6.36. The number of benzene rings is 1. The second-order valence-corrected chi connectivity index (χ2v) is 5.60. The molecule has 0 radical (unpaired) electrons. The second kappa shape index (κ2) is 5.36. The summed E-state index contributed by atoms with van der Waals surface area (Å²) in [4.78, 5) is 10.7. The Bertz CT molecular complexity index is 612. The molecule has 0 atom stereocenters. The zero-order valence-electron chi connectivity index (χ0n) is 11.8. The Kier molecular flexibility index (Phi) is 3.79. The minimum Gasteiger partial charge on any atom is -0.476 e. The third-order valence-electron chi connectivity index (χ3n) is 2.92. The van der Waals surface area contributed by atoms with Crippen molar-refractivity contribution in [2.75, 3.05) is 0 Å². The maximum Gasteiger partial charge on any atom is 0.356 e. The van der Waals surface area contributed by atoms with E-state index in [0.717, 1.165) is 5.75 Å². The number of nitrogens with zero attached hydrogens (tertiary/aromatic N) is 2. The van der Waals surface area contributed by atoms with Crippen LogP contribution in [0.25, 0.3) is 0 Å². The first-order valence-electron chi connectivity index (χ1n) is 6.36. The molecule has 0 spiro atoms. The normalized spacial score (nSPS) is 11.3. The minimum atomic E-state index is -1.04. The van der Waals surface area contributed by atoms with E-state index in [2.05, 4.69) is 31.9 Å². The van der Waals surface area contributed by atoms with E-state index in [1.54, 1.807) is 6.20 Å². The molecule has 0 aliphatic heterocycles. The van der Waals surface area contributed by atoms with Crippen LogP contribution in [0.1, 0.15) is 36.8 Å². The molecule has 20 heavy (non-hydrogen) atoms. The lowest BCUT2D eigenvalue weighted by molar-refractivity contribution is 0.0688. The minimum absolute atomic E-state index is 0.0112. The highest BCUT2D eigenvalue weighted by Crippen LogP contribution is 2.25. The van der Waals surface area contributed by atoms with E-state index < -0.39 is 5.97 Å². The predicted molar refractivity (Wildman–Crippen MR) is 75.0 cm³/mol. The summed E-state index contributed by atoms with van der Waals surface area (Å²) in [6.07, 6.45) is 1.58. The van der Waals surface area contributed by atoms with Crippen LogP contribution in [0, 0.1) is 0 Å². The maximum atomic E-state index is 10.7. The van der Waals surface area contributed by atoms with Crippen molar-refractivity contribution in [3.63, 3.8) is 0 Å². The lowest BCUT2D eigenvalue weighted by Gasteiger charge is -2.19. The molecule has 0 fully saturated rings. The standard InChI is InChI=1S/C15H18N2O3/c1-15(2,3)11-5-4-6-12(9-11)20-10-17-8-7-13(16-17)14(18)19/h4-9H,10H2,1-3H3,(H,18,19). The molecule has 0 aliphatic rings. The Balaban J connectivity index is 2.05. The number of carbonyl (C=O) groups is 1. The quantitative estimate of drug-likeness (QED) is 0.931. The zero-order valence-corrected chi connectivity index (χ0v) is 11.8. The number of aromatic nitrogens is 2. The van der Waals surface area contributed by atoms with Gasteiger partial charge in [0.25, 0.3) is 0 Å². The van der Waals surface area contributed by atoms with E-state index in [0.29, 0.717) is 0 Å². The number of carboxylic acid groups (broad SMARTS) is 1. The number of carboxylic acids is 1. The van der Waals surface area contributed by atoms with Gasteiger partial charge in [0.15, 0.2) is 12.4 Å². The topological polar surface area (TPSA) is 64.3 Å². The van der Waals surface area contributed by atoms with Gasteiger partial charge in [-0.25, -0.2) is 9.48 Å². The molecule has 2 aromatic rings. The van der Waals surface area contributed by atoms with Crippen LogP contribution in [0.4, 0.5) is 0 Å². The van der Waals surface area contributed by atoms with Gasteiger partial charge in [-0.3, -0.25) is 0 Å². The summed E-state index contributed by atoms with van der Waals surface area (Å²) >= 11 is 0. The summed E-state index contributed by atoms with van der Waals surface area (Å²) in [6.45, 7) is 6.59. The molecule has 0 amide bonds. The van der Waals surface area contributed by atoms with Gasteiger partial charge in [0.2, 0.25) is 0 Å². The fraction of sp³-hybridized carbons (Fsp3) is 0.333. The zero-order chi connectivity index (χ0) is 14.8. The van der Waals surface area contributed by atoms with Gasteiger partial charge in [0.05, 0.1) is 0 Å². The molecule has 106 valence electrons. The monoisotopic (exact) mass is 274 g/mol. The molecule has 5 heteroatoms. The average molecular weight is 274 g/mol. The van der Waals surface area contributed by atoms with E-state index in [4.69, 9.17) is 9.84 Å². The average Bonchev–Trinajstić information content (AvgIpc) is 2.85. The highest BCUT2D eigenvalue weighted by atomic mass is 16.5. The van der Waals surface area contributed by atoms with Gasteiger partial charge in [0.1, 0.15) is 5.75 Å². The molecule has 0 bridgehead atoms. The van der Waals surface area contributed by atoms with Crippen LogP contribution < -0.4 is 4.74 Å². The van der Waals surface area contributed by atoms with Crippen molar-refractivity contribution >= 4 is 5.97 Å². The smallest absolute Gasteiger partial charge is 0.356 e. The Morgan fingerprint density at radius 1 is 1.35 bits per heavy atom. The fourth-order valence-corrected chi connectivity index (χ4v) is 1.74. The molecule has 0 aliphatic carbocycles. The van der Waals surface area contributed by atoms with Crippen molar-refractivity contribution in [2.45, 2.75) is 32.9 Å². The number of rotatable bonds is 4. The largest absolute Gasteiger partial charge is 0.476 e. The molecular weight excluding hydrogens is 256 g/mol. The van der Waals surface area contributed by atoms with E-state index in [-0.39, 0.29) is 17.8 Å². The van der Waals surface area contributed by atoms with E-state index in [1.807, 2.05) is 18.2 Å². The Morgan fingerprint density at radius 2 is 2.10 bits per heavy atom. The molecule has 0 saturated carbocycles. The number of aromatic carboxylic acids is 1. The van der Waals surface area contributed by atoms with Gasteiger partial charge < -0.3 is 9.84 Å². The van der Waals surface area contributed by atoms with Crippen molar-refractivity contribution < 1.29 is 14.6 Å². The van der Waals surface area contributed by atoms with E-state index in [1.165, 1.54) is 16.3 Å². The predicted octanol–water partition coefficient (Wildman–Crippen LogP) is 2.92. The molecule has 5 nitrogen and oxygen atoms in total. The summed E-state index contributed by atoms with van der Waals surface area (Å²) in [7, 11) is 0. The van der Waals surface area contributed by atoms with Gasteiger partial charge in [-0.1, -0.05) is 32.9 Å². The van der Waals surface area contributed by atoms with Crippen molar-refractivity contribution in [3.05, 3.63) is 47.8 Å². The van der Waals surface area contributed by atoms with Crippen LogP contribution in [0.2, 0.25) is 0 Å². The highest BCUT2D eigenvalue weighted by Gasteiger charge is 2.14.